The fraction of sp³-hybridized carbons (Fsp3) is 0.222. The maximum absolute atomic E-state index is 13.3. The van der Waals surface area contributed by atoms with E-state index >= 15 is 0 Å². The highest BCUT2D eigenvalue weighted by Gasteiger charge is 2.17. The van der Waals surface area contributed by atoms with Gasteiger partial charge in [-0.15, -0.1) is 0 Å². The third kappa shape index (κ3) is 5.85. The van der Waals surface area contributed by atoms with Crippen LogP contribution in [0.5, 0.6) is 0 Å². The molecule has 0 aliphatic carbocycles. The summed E-state index contributed by atoms with van der Waals surface area (Å²) in [5.74, 6) is -1.94. The first-order chi connectivity index (χ1) is 12.0. The van der Waals surface area contributed by atoms with Crippen molar-refractivity contribution in [2.45, 2.75) is 12.6 Å². The molecule has 0 aliphatic heterocycles. The minimum absolute atomic E-state index is 0.0488. The van der Waals surface area contributed by atoms with E-state index in [-0.39, 0.29) is 13.1 Å². The third-order valence-corrected chi connectivity index (χ3v) is 3.78. The summed E-state index contributed by atoms with van der Waals surface area (Å²) >= 11 is 5.78. The molecule has 0 aliphatic rings. The molecule has 0 spiro atoms. The van der Waals surface area contributed by atoms with Gasteiger partial charge in [0.15, 0.2) is 0 Å². The lowest BCUT2D eigenvalue weighted by atomic mass is 10.1. The minimum Gasteiger partial charge on any atom is -0.375 e. The molecule has 2 amide bonds. The van der Waals surface area contributed by atoms with Crippen molar-refractivity contribution in [2.24, 2.45) is 0 Å². The smallest absolute Gasteiger partial charge is 0.309 e. The summed E-state index contributed by atoms with van der Waals surface area (Å²) in [7, 11) is 1.45. The van der Waals surface area contributed by atoms with Crippen LogP contribution in [0.15, 0.2) is 48.5 Å². The van der Waals surface area contributed by atoms with Gasteiger partial charge in [0.2, 0.25) is 0 Å². The Balaban J connectivity index is 1.83. The molecule has 1 atom stereocenters. The predicted octanol–water partition coefficient (Wildman–Crippen LogP) is 2.60. The molecule has 0 bridgehead atoms. The first-order valence-corrected chi connectivity index (χ1v) is 7.96. The SMILES string of the molecule is COC(CNC(=O)C(=O)NCc1ccc(Cl)cc1)c1cccc(F)c1. The standard InChI is InChI=1S/C18H18ClFN2O3/c1-25-16(13-3-2-4-15(20)9-13)11-22-18(24)17(23)21-10-12-5-7-14(19)8-6-12/h2-9,16H,10-11H2,1H3,(H,21,23)(H,22,24). The normalized spacial score (nSPS) is 11.6. The lowest BCUT2D eigenvalue weighted by Gasteiger charge is -2.16. The maximum Gasteiger partial charge on any atom is 0.309 e. The first kappa shape index (κ1) is 18.9. The van der Waals surface area contributed by atoms with Crippen LogP contribution in [0, 0.1) is 5.82 Å². The zero-order valence-corrected chi connectivity index (χ0v) is 14.3. The first-order valence-electron chi connectivity index (χ1n) is 7.58. The second-order valence-corrected chi connectivity index (χ2v) is 5.73. The van der Waals surface area contributed by atoms with Crippen LogP contribution in [0.1, 0.15) is 17.2 Å². The number of carbonyl (C=O) groups excluding carboxylic acids is 2. The number of ether oxygens (including phenoxy) is 1. The average molecular weight is 365 g/mol. The van der Waals surface area contributed by atoms with Gasteiger partial charge in [0, 0.05) is 25.2 Å². The van der Waals surface area contributed by atoms with Crippen molar-refractivity contribution in [1.29, 1.82) is 0 Å². The summed E-state index contributed by atoms with van der Waals surface area (Å²) in [6.07, 6.45) is -0.552. The number of methoxy groups -OCH3 is 1. The van der Waals surface area contributed by atoms with Gasteiger partial charge in [0.25, 0.3) is 0 Å². The van der Waals surface area contributed by atoms with E-state index in [0.717, 1.165) is 5.56 Å². The van der Waals surface area contributed by atoms with Crippen molar-refractivity contribution in [2.75, 3.05) is 13.7 Å². The average Bonchev–Trinajstić information content (AvgIpc) is 2.61. The number of halogens is 2. The number of rotatable bonds is 6. The van der Waals surface area contributed by atoms with E-state index in [1.807, 2.05) is 0 Å². The molecule has 0 saturated carbocycles. The lowest BCUT2D eigenvalue weighted by Crippen LogP contribution is -2.41. The van der Waals surface area contributed by atoms with E-state index in [9.17, 15) is 14.0 Å². The second-order valence-electron chi connectivity index (χ2n) is 5.30. The molecular formula is C18H18ClFN2O3. The number of nitrogens with one attached hydrogen (secondary N) is 2. The number of carbonyl (C=O) groups is 2. The highest BCUT2D eigenvalue weighted by Crippen LogP contribution is 2.16. The monoisotopic (exact) mass is 364 g/mol. The fourth-order valence-electron chi connectivity index (χ4n) is 2.17. The van der Waals surface area contributed by atoms with Gasteiger partial charge >= 0.3 is 11.8 Å². The van der Waals surface area contributed by atoms with Crippen LogP contribution in [-0.2, 0) is 20.9 Å². The van der Waals surface area contributed by atoms with Crippen LogP contribution in [0.3, 0.4) is 0 Å². The van der Waals surface area contributed by atoms with Crippen molar-refractivity contribution in [1.82, 2.24) is 10.6 Å². The Hall–Kier alpha value is -2.44. The highest BCUT2D eigenvalue weighted by atomic mass is 35.5. The highest BCUT2D eigenvalue weighted by molar-refractivity contribution is 6.35. The number of benzene rings is 2. The maximum atomic E-state index is 13.3. The Bertz CT molecular complexity index is 737. The van der Waals surface area contributed by atoms with Gasteiger partial charge < -0.3 is 15.4 Å². The van der Waals surface area contributed by atoms with E-state index < -0.39 is 23.7 Å². The molecule has 5 nitrogen and oxygen atoms in total. The Morgan fingerprint density at radius 1 is 1.12 bits per heavy atom. The van der Waals surface area contributed by atoms with Crippen molar-refractivity contribution >= 4 is 23.4 Å². The summed E-state index contributed by atoms with van der Waals surface area (Å²) in [5.41, 5.74) is 1.39. The number of amides is 2. The van der Waals surface area contributed by atoms with Gasteiger partial charge in [0.1, 0.15) is 5.82 Å². The summed E-state index contributed by atoms with van der Waals surface area (Å²) < 4.78 is 18.5. The molecule has 0 saturated heterocycles. The van der Waals surface area contributed by atoms with Gasteiger partial charge in [-0.2, -0.15) is 0 Å². The molecule has 0 heterocycles. The van der Waals surface area contributed by atoms with Crippen molar-refractivity contribution in [3.63, 3.8) is 0 Å². The second kappa shape index (κ2) is 9.15. The van der Waals surface area contributed by atoms with Gasteiger partial charge in [-0.3, -0.25) is 9.59 Å². The van der Waals surface area contributed by atoms with E-state index in [1.54, 1.807) is 36.4 Å². The molecule has 2 N–H and O–H groups in total. The Morgan fingerprint density at radius 3 is 2.44 bits per heavy atom. The van der Waals surface area contributed by atoms with E-state index in [4.69, 9.17) is 16.3 Å². The Kier molecular flexibility index (Phi) is 6.91. The minimum atomic E-state index is -0.785. The summed E-state index contributed by atoms with van der Waals surface area (Å²) in [6.45, 7) is 0.258. The fourth-order valence-corrected chi connectivity index (χ4v) is 2.30. The van der Waals surface area contributed by atoms with Crippen LogP contribution in [-0.4, -0.2) is 25.5 Å². The molecule has 1 unspecified atom stereocenters. The lowest BCUT2D eigenvalue weighted by molar-refractivity contribution is -0.139. The summed E-state index contributed by atoms with van der Waals surface area (Å²) in [5, 5.41) is 5.58. The van der Waals surface area contributed by atoms with Gasteiger partial charge in [-0.1, -0.05) is 35.9 Å². The third-order valence-electron chi connectivity index (χ3n) is 3.53. The zero-order valence-electron chi connectivity index (χ0n) is 13.6. The molecule has 25 heavy (non-hydrogen) atoms. The quantitative estimate of drug-likeness (QED) is 0.774. The molecular weight excluding hydrogens is 347 g/mol. The predicted molar refractivity (Wildman–Crippen MR) is 92.5 cm³/mol. The Labute approximate surface area is 150 Å². The van der Waals surface area contributed by atoms with Crippen LogP contribution in [0.4, 0.5) is 4.39 Å². The zero-order chi connectivity index (χ0) is 18.2. The number of hydrogen-bond acceptors (Lipinski definition) is 3. The van der Waals surface area contributed by atoms with Crippen molar-refractivity contribution in [3.05, 3.63) is 70.5 Å². The molecule has 7 heteroatoms. The van der Waals surface area contributed by atoms with Crippen molar-refractivity contribution in [3.8, 4) is 0 Å². The van der Waals surface area contributed by atoms with E-state index in [1.165, 1.54) is 19.2 Å². The molecule has 2 rings (SSSR count). The number of hydrogen-bond donors (Lipinski definition) is 2. The summed E-state index contributed by atoms with van der Waals surface area (Å²) in [4.78, 5) is 23.7. The molecule has 0 radical (unpaired) electrons. The molecule has 2 aromatic rings. The largest absolute Gasteiger partial charge is 0.375 e. The van der Waals surface area contributed by atoms with E-state index in [0.29, 0.717) is 10.6 Å². The topological polar surface area (TPSA) is 67.4 Å². The van der Waals surface area contributed by atoms with Crippen LogP contribution < -0.4 is 10.6 Å². The van der Waals surface area contributed by atoms with Gasteiger partial charge in [-0.25, -0.2) is 4.39 Å². The van der Waals surface area contributed by atoms with E-state index in [2.05, 4.69) is 10.6 Å². The van der Waals surface area contributed by atoms with Crippen molar-refractivity contribution < 1.29 is 18.7 Å². The molecule has 2 aromatic carbocycles. The molecule has 132 valence electrons. The Morgan fingerprint density at radius 2 is 1.80 bits per heavy atom. The molecule has 0 aromatic heterocycles. The van der Waals surface area contributed by atoms with Gasteiger partial charge in [-0.05, 0) is 35.4 Å². The molecule has 0 fully saturated rings. The van der Waals surface area contributed by atoms with Crippen LogP contribution in [0.2, 0.25) is 5.02 Å². The van der Waals surface area contributed by atoms with Crippen LogP contribution in [0.25, 0.3) is 0 Å². The van der Waals surface area contributed by atoms with Crippen LogP contribution >= 0.6 is 11.6 Å². The summed E-state index contributed by atoms with van der Waals surface area (Å²) in [6, 6.07) is 12.8. The van der Waals surface area contributed by atoms with Gasteiger partial charge in [0.05, 0.1) is 6.10 Å².